The van der Waals surface area contributed by atoms with Gasteiger partial charge in [0.1, 0.15) is 6.61 Å². The maximum atomic E-state index is 12.0. The third-order valence-corrected chi connectivity index (χ3v) is 6.56. The van der Waals surface area contributed by atoms with E-state index in [0.717, 1.165) is 44.9 Å². The van der Waals surface area contributed by atoms with Crippen LogP contribution in [-0.4, -0.2) is 36.4 Å². The van der Waals surface area contributed by atoms with E-state index in [1.54, 1.807) is 0 Å². The van der Waals surface area contributed by atoms with Gasteiger partial charge in [0.25, 0.3) is 0 Å². The second-order valence-electron chi connectivity index (χ2n) is 10.2. The molecule has 0 radical (unpaired) electrons. The zero-order valence-corrected chi connectivity index (χ0v) is 23.8. The van der Waals surface area contributed by atoms with Gasteiger partial charge in [-0.2, -0.15) is 0 Å². The van der Waals surface area contributed by atoms with Crippen molar-refractivity contribution in [2.75, 3.05) is 13.2 Å². The van der Waals surface area contributed by atoms with Gasteiger partial charge < -0.3 is 14.6 Å². The van der Waals surface area contributed by atoms with Gasteiger partial charge >= 0.3 is 11.9 Å². The number of esters is 2. The van der Waals surface area contributed by atoms with Gasteiger partial charge in [0.2, 0.25) is 0 Å². The maximum absolute atomic E-state index is 12.0. The fraction of sp³-hybridized carbons (Fsp3) is 0.871. The number of hydrogen-bond acceptors (Lipinski definition) is 5. The third-order valence-electron chi connectivity index (χ3n) is 6.56. The van der Waals surface area contributed by atoms with Gasteiger partial charge in [0.05, 0.1) is 6.61 Å². The quantitative estimate of drug-likeness (QED) is 0.0680. The van der Waals surface area contributed by atoms with Gasteiger partial charge in [-0.05, 0) is 38.5 Å². The van der Waals surface area contributed by atoms with Gasteiger partial charge in [0, 0.05) is 12.8 Å². The normalized spacial score (nSPS) is 12.2. The molecule has 1 unspecified atom stereocenters. The highest BCUT2D eigenvalue weighted by atomic mass is 16.6. The van der Waals surface area contributed by atoms with Crippen LogP contribution >= 0.6 is 0 Å². The highest BCUT2D eigenvalue weighted by molar-refractivity contribution is 5.70. The smallest absolute Gasteiger partial charge is 0.306 e. The molecular formula is C31H58O5. The predicted octanol–water partition coefficient (Wildman–Crippen LogP) is 8.61. The average molecular weight is 511 g/mol. The van der Waals surface area contributed by atoms with E-state index in [4.69, 9.17) is 9.47 Å². The Balaban J connectivity index is 3.61. The molecule has 0 amide bonds. The van der Waals surface area contributed by atoms with Gasteiger partial charge in [-0.15, -0.1) is 0 Å². The first-order chi connectivity index (χ1) is 17.6. The summed E-state index contributed by atoms with van der Waals surface area (Å²) in [5, 5.41) is 9.45. The first kappa shape index (κ1) is 34.6. The molecule has 0 aliphatic carbocycles. The van der Waals surface area contributed by atoms with Gasteiger partial charge in [-0.25, -0.2) is 0 Å². The Morgan fingerprint density at radius 1 is 0.611 bits per heavy atom. The number of allylic oxidation sites excluding steroid dienone is 2. The second-order valence-corrected chi connectivity index (χ2v) is 10.2. The molecule has 0 aliphatic rings. The zero-order chi connectivity index (χ0) is 26.5. The minimum Gasteiger partial charge on any atom is -0.462 e. The van der Waals surface area contributed by atoms with Crippen molar-refractivity contribution in [3.05, 3.63) is 12.2 Å². The molecule has 0 aromatic heterocycles. The molecule has 0 spiro atoms. The predicted molar refractivity (Wildman–Crippen MR) is 150 cm³/mol. The van der Waals surface area contributed by atoms with Crippen LogP contribution in [0.3, 0.4) is 0 Å². The van der Waals surface area contributed by atoms with Crippen molar-refractivity contribution in [1.82, 2.24) is 0 Å². The monoisotopic (exact) mass is 510 g/mol. The number of unbranched alkanes of at least 4 members (excludes halogenated alkanes) is 17. The molecule has 1 N–H and O–H groups in total. The molecule has 0 saturated carbocycles. The van der Waals surface area contributed by atoms with E-state index in [0.29, 0.717) is 12.8 Å². The van der Waals surface area contributed by atoms with Crippen molar-refractivity contribution in [1.29, 1.82) is 0 Å². The summed E-state index contributed by atoms with van der Waals surface area (Å²) >= 11 is 0. The standard InChI is InChI=1S/C31H58O5/c1-3-5-7-9-11-13-15-16-18-20-22-24-26-31(34)36-29(27-32)28-35-30(33)25-23-21-19-17-14-12-10-8-6-4-2/h11,13,29,32H,3-10,12,14-28H2,1-2H3/b13-11-. The van der Waals surface area contributed by atoms with Crippen LogP contribution < -0.4 is 0 Å². The summed E-state index contributed by atoms with van der Waals surface area (Å²) in [7, 11) is 0. The number of hydrogen-bond donors (Lipinski definition) is 1. The number of carbonyl (C=O) groups is 2. The molecule has 0 aromatic carbocycles. The van der Waals surface area contributed by atoms with Crippen LogP contribution in [0.15, 0.2) is 12.2 Å². The minimum atomic E-state index is -0.765. The lowest BCUT2D eigenvalue weighted by atomic mass is 10.1. The molecular weight excluding hydrogens is 452 g/mol. The first-order valence-corrected chi connectivity index (χ1v) is 15.2. The molecule has 0 rings (SSSR count). The van der Waals surface area contributed by atoms with Gasteiger partial charge in [0.15, 0.2) is 6.10 Å². The largest absolute Gasteiger partial charge is 0.462 e. The number of ether oxygens (including phenoxy) is 2. The average Bonchev–Trinajstić information content (AvgIpc) is 2.88. The Morgan fingerprint density at radius 3 is 1.56 bits per heavy atom. The van der Waals surface area contributed by atoms with Crippen LogP contribution in [0.1, 0.15) is 155 Å². The topological polar surface area (TPSA) is 72.8 Å². The summed E-state index contributed by atoms with van der Waals surface area (Å²) in [4.78, 5) is 24.0. The second kappa shape index (κ2) is 28.2. The maximum Gasteiger partial charge on any atom is 0.306 e. The molecule has 5 heteroatoms. The lowest BCUT2D eigenvalue weighted by Gasteiger charge is -2.15. The number of aliphatic hydroxyl groups excluding tert-OH is 1. The third kappa shape index (κ3) is 25.7. The van der Waals surface area contributed by atoms with Gasteiger partial charge in [-0.3, -0.25) is 9.59 Å². The van der Waals surface area contributed by atoms with Crippen molar-refractivity contribution in [3.8, 4) is 0 Å². The molecule has 0 aromatic rings. The van der Waals surface area contributed by atoms with Crippen molar-refractivity contribution < 1.29 is 24.2 Å². The molecule has 0 aliphatic heterocycles. The first-order valence-electron chi connectivity index (χ1n) is 15.2. The summed E-state index contributed by atoms with van der Waals surface area (Å²) in [5.41, 5.74) is 0. The van der Waals surface area contributed by atoms with E-state index in [1.165, 1.54) is 83.5 Å². The Morgan fingerprint density at radius 2 is 1.03 bits per heavy atom. The number of carbonyl (C=O) groups excluding carboxylic acids is 2. The van der Waals surface area contributed by atoms with E-state index in [2.05, 4.69) is 26.0 Å². The van der Waals surface area contributed by atoms with Crippen LogP contribution in [0.4, 0.5) is 0 Å². The van der Waals surface area contributed by atoms with E-state index in [1.807, 2.05) is 0 Å². The van der Waals surface area contributed by atoms with E-state index in [9.17, 15) is 14.7 Å². The lowest BCUT2D eigenvalue weighted by molar-refractivity contribution is -0.161. The van der Waals surface area contributed by atoms with Crippen molar-refractivity contribution in [3.63, 3.8) is 0 Å². The minimum absolute atomic E-state index is 0.0647. The summed E-state index contributed by atoms with van der Waals surface area (Å²) in [6.45, 7) is 4.07. The summed E-state index contributed by atoms with van der Waals surface area (Å²) in [5.74, 6) is -0.602. The molecule has 36 heavy (non-hydrogen) atoms. The van der Waals surface area contributed by atoms with E-state index in [-0.39, 0.29) is 25.2 Å². The van der Waals surface area contributed by atoms with Crippen LogP contribution in [0.2, 0.25) is 0 Å². The fourth-order valence-corrected chi connectivity index (χ4v) is 4.19. The van der Waals surface area contributed by atoms with E-state index >= 15 is 0 Å². The fourth-order valence-electron chi connectivity index (χ4n) is 4.19. The molecule has 212 valence electrons. The number of rotatable bonds is 27. The Bertz CT molecular complexity index is 517. The molecule has 0 bridgehead atoms. The SMILES string of the molecule is CCCCC/C=C\CCCCCCCC(=O)OC(CO)COC(=O)CCCCCCCCCCCC. The van der Waals surface area contributed by atoms with Crippen LogP contribution in [-0.2, 0) is 19.1 Å². The molecule has 0 fully saturated rings. The van der Waals surface area contributed by atoms with Crippen molar-refractivity contribution >= 4 is 11.9 Å². The summed E-state index contributed by atoms with van der Waals surface area (Å²) in [6.07, 6.45) is 28.3. The highest BCUT2D eigenvalue weighted by Crippen LogP contribution is 2.12. The summed E-state index contributed by atoms with van der Waals surface area (Å²) < 4.78 is 10.5. The number of aliphatic hydroxyl groups is 1. The lowest BCUT2D eigenvalue weighted by Crippen LogP contribution is -2.28. The molecule has 0 heterocycles. The summed E-state index contributed by atoms with van der Waals surface area (Å²) in [6, 6.07) is 0. The molecule has 1 atom stereocenters. The van der Waals surface area contributed by atoms with Crippen LogP contribution in [0.25, 0.3) is 0 Å². The molecule has 0 saturated heterocycles. The van der Waals surface area contributed by atoms with Crippen LogP contribution in [0.5, 0.6) is 0 Å². The van der Waals surface area contributed by atoms with Crippen molar-refractivity contribution in [2.24, 2.45) is 0 Å². The van der Waals surface area contributed by atoms with Gasteiger partial charge in [-0.1, -0.05) is 116 Å². The Hall–Kier alpha value is -1.36. The molecule has 5 nitrogen and oxygen atoms in total. The van der Waals surface area contributed by atoms with Crippen LogP contribution in [0, 0.1) is 0 Å². The zero-order valence-electron chi connectivity index (χ0n) is 23.8. The highest BCUT2D eigenvalue weighted by Gasteiger charge is 2.16. The van der Waals surface area contributed by atoms with Crippen molar-refractivity contribution in [2.45, 2.75) is 161 Å². The van der Waals surface area contributed by atoms with E-state index < -0.39 is 6.10 Å². The Labute approximate surface area is 222 Å². The Kier molecular flexibility index (Phi) is 27.1.